The summed E-state index contributed by atoms with van der Waals surface area (Å²) in [5.41, 5.74) is 1.23. The zero-order valence-electron chi connectivity index (χ0n) is 17.5. The van der Waals surface area contributed by atoms with E-state index in [1.807, 2.05) is 0 Å². The number of piperidine rings is 1. The number of thiazole rings is 1. The first-order chi connectivity index (χ1) is 13.2. The van der Waals surface area contributed by atoms with Crippen LogP contribution in [0.3, 0.4) is 0 Å². The topological polar surface area (TPSA) is 53.0 Å². The second kappa shape index (κ2) is 12.3. The van der Waals surface area contributed by atoms with Crippen LogP contribution in [0, 0.1) is 18.8 Å². The van der Waals surface area contributed by atoms with Gasteiger partial charge >= 0.3 is 0 Å². The quantitative estimate of drug-likeness (QED) is 0.340. The average molecular weight is 522 g/mol. The van der Waals surface area contributed by atoms with Crippen molar-refractivity contribution in [3.63, 3.8) is 0 Å². The van der Waals surface area contributed by atoms with Crippen LogP contribution in [0.15, 0.2) is 10.4 Å². The summed E-state index contributed by atoms with van der Waals surface area (Å²) in [6, 6.07) is 0. The van der Waals surface area contributed by atoms with E-state index in [4.69, 9.17) is 9.73 Å². The Kier molecular flexibility index (Phi) is 10.5. The molecule has 1 aromatic heterocycles. The Balaban J connectivity index is 0.00000280. The molecule has 0 spiro atoms. The molecule has 1 aromatic rings. The maximum Gasteiger partial charge on any atom is 0.193 e. The summed E-state index contributed by atoms with van der Waals surface area (Å²) in [6.07, 6.45) is 3.67. The molecule has 0 aliphatic carbocycles. The van der Waals surface area contributed by atoms with Crippen LogP contribution in [-0.4, -0.2) is 73.7 Å². The smallest absolute Gasteiger partial charge is 0.193 e. The number of nitrogens with one attached hydrogen (secondary N) is 1. The Morgan fingerprint density at radius 1 is 1.29 bits per heavy atom. The maximum absolute atomic E-state index is 5.33. The first-order valence-corrected chi connectivity index (χ1v) is 11.2. The molecule has 0 bridgehead atoms. The third-order valence-electron chi connectivity index (χ3n) is 5.58. The van der Waals surface area contributed by atoms with Gasteiger partial charge in [-0.1, -0.05) is 0 Å². The molecular weight excluding hydrogens is 485 g/mol. The van der Waals surface area contributed by atoms with Gasteiger partial charge in [-0.05, 0) is 52.1 Å². The number of likely N-dealkylation sites (tertiary alicyclic amines) is 2. The summed E-state index contributed by atoms with van der Waals surface area (Å²) in [5, 5.41) is 6.85. The normalized spacial score (nSPS) is 21.8. The number of rotatable bonds is 7. The molecule has 6 nitrogen and oxygen atoms in total. The van der Waals surface area contributed by atoms with Gasteiger partial charge in [0.15, 0.2) is 5.96 Å². The largest absolute Gasteiger partial charge is 0.384 e. The Morgan fingerprint density at radius 3 is 2.68 bits per heavy atom. The van der Waals surface area contributed by atoms with Gasteiger partial charge in [0, 0.05) is 51.1 Å². The minimum atomic E-state index is 0. The van der Waals surface area contributed by atoms with E-state index in [-0.39, 0.29) is 24.0 Å². The number of aromatic nitrogens is 1. The lowest BCUT2D eigenvalue weighted by atomic mass is 9.97. The molecule has 3 heterocycles. The van der Waals surface area contributed by atoms with Crippen LogP contribution in [0.1, 0.15) is 36.9 Å². The van der Waals surface area contributed by atoms with Gasteiger partial charge in [-0.15, -0.1) is 35.3 Å². The van der Waals surface area contributed by atoms with Gasteiger partial charge in [0.05, 0.1) is 17.3 Å². The van der Waals surface area contributed by atoms with E-state index in [1.165, 1.54) is 30.0 Å². The highest BCUT2D eigenvalue weighted by Gasteiger charge is 2.25. The van der Waals surface area contributed by atoms with Gasteiger partial charge in [-0.25, -0.2) is 4.98 Å². The second-order valence-electron chi connectivity index (χ2n) is 7.83. The summed E-state index contributed by atoms with van der Waals surface area (Å²) in [5.74, 6) is 2.43. The van der Waals surface area contributed by atoms with Crippen molar-refractivity contribution in [1.82, 2.24) is 20.1 Å². The predicted molar refractivity (Wildman–Crippen MR) is 128 cm³/mol. The molecule has 28 heavy (non-hydrogen) atoms. The van der Waals surface area contributed by atoms with Crippen molar-refractivity contribution in [3.05, 3.63) is 16.1 Å². The molecular formula is C20H36IN5OS. The van der Waals surface area contributed by atoms with Gasteiger partial charge in [-0.3, -0.25) is 9.89 Å². The van der Waals surface area contributed by atoms with Gasteiger partial charge in [0.25, 0.3) is 0 Å². The van der Waals surface area contributed by atoms with E-state index in [0.717, 1.165) is 58.4 Å². The van der Waals surface area contributed by atoms with Gasteiger partial charge in [0.1, 0.15) is 0 Å². The second-order valence-corrected chi connectivity index (χ2v) is 8.89. The lowest BCUT2D eigenvalue weighted by molar-refractivity contribution is 0.157. The summed E-state index contributed by atoms with van der Waals surface area (Å²) >= 11 is 1.75. The highest BCUT2D eigenvalue weighted by atomic mass is 127. The molecule has 8 heteroatoms. The van der Waals surface area contributed by atoms with Crippen molar-refractivity contribution in [2.75, 3.05) is 53.0 Å². The highest BCUT2D eigenvalue weighted by Crippen LogP contribution is 2.21. The van der Waals surface area contributed by atoms with E-state index >= 15 is 0 Å². The number of ether oxygens (including phenoxy) is 1. The predicted octanol–water partition coefficient (Wildman–Crippen LogP) is 3.22. The number of guanidine groups is 1. The summed E-state index contributed by atoms with van der Waals surface area (Å²) in [7, 11) is 1.80. The standard InChI is InChI=1S/C20H35N5OS.HI/c1-4-21-20(25-10-7-18(12-25)14-26-3)22-11-17-5-8-24(9-6-17)13-19-15-27-16(2)23-19;/h15,17-18H,4-14H2,1-3H3,(H,21,22);1H. The van der Waals surface area contributed by atoms with Crippen molar-refractivity contribution in [2.45, 2.75) is 39.7 Å². The zero-order valence-corrected chi connectivity index (χ0v) is 20.7. The fourth-order valence-corrected chi connectivity index (χ4v) is 4.68. The molecule has 1 atom stereocenters. The lowest BCUT2D eigenvalue weighted by Crippen LogP contribution is -2.41. The Morgan fingerprint density at radius 2 is 2.04 bits per heavy atom. The average Bonchev–Trinajstić information content (AvgIpc) is 3.29. The van der Waals surface area contributed by atoms with Crippen LogP contribution < -0.4 is 5.32 Å². The van der Waals surface area contributed by atoms with Crippen molar-refractivity contribution in [3.8, 4) is 0 Å². The Labute approximate surface area is 191 Å². The van der Waals surface area contributed by atoms with Gasteiger partial charge in [0.2, 0.25) is 0 Å². The molecule has 1 unspecified atom stereocenters. The van der Waals surface area contributed by atoms with Gasteiger partial charge < -0.3 is 15.0 Å². The molecule has 0 saturated carbocycles. The fraction of sp³-hybridized carbons (Fsp3) is 0.800. The minimum absolute atomic E-state index is 0. The number of aryl methyl sites for hydroxylation is 1. The van der Waals surface area contributed by atoms with E-state index in [2.05, 4.69) is 39.3 Å². The van der Waals surface area contributed by atoms with Crippen LogP contribution in [-0.2, 0) is 11.3 Å². The fourth-order valence-electron chi connectivity index (χ4n) is 4.08. The van der Waals surface area contributed by atoms with E-state index in [1.54, 1.807) is 18.4 Å². The lowest BCUT2D eigenvalue weighted by Gasteiger charge is -2.31. The first-order valence-electron chi connectivity index (χ1n) is 10.3. The van der Waals surface area contributed by atoms with Crippen molar-refractivity contribution in [1.29, 1.82) is 0 Å². The molecule has 2 aliphatic rings. The SMILES string of the molecule is CCNC(=NCC1CCN(Cc2csc(C)n2)CC1)N1CCC(COC)C1.I. The molecule has 2 saturated heterocycles. The molecule has 160 valence electrons. The summed E-state index contributed by atoms with van der Waals surface area (Å²) in [4.78, 5) is 14.5. The Hall–Kier alpha value is -0.450. The van der Waals surface area contributed by atoms with E-state index in [9.17, 15) is 0 Å². The molecule has 2 fully saturated rings. The van der Waals surface area contributed by atoms with Crippen LogP contribution in [0.2, 0.25) is 0 Å². The van der Waals surface area contributed by atoms with Crippen LogP contribution in [0.4, 0.5) is 0 Å². The number of nitrogens with zero attached hydrogens (tertiary/aromatic N) is 4. The molecule has 3 rings (SSSR count). The molecule has 0 aromatic carbocycles. The van der Waals surface area contributed by atoms with Crippen molar-refractivity contribution >= 4 is 41.3 Å². The van der Waals surface area contributed by atoms with Crippen LogP contribution in [0.25, 0.3) is 0 Å². The molecule has 1 N–H and O–H groups in total. The molecule has 0 amide bonds. The minimum Gasteiger partial charge on any atom is -0.384 e. The number of hydrogen-bond donors (Lipinski definition) is 1. The third kappa shape index (κ3) is 7.11. The molecule has 0 radical (unpaired) electrons. The number of halogens is 1. The summed E-state index contributed by atoms with van der Waals surface area (Å²) < 4.78 is 5.33. The van der Waals surface area contributed by atoms with E-state index < -0.39 is 0 Å². The number of aliphatic imine (C=N–C) groups is 1. The Bertz CT molecular complexity index is 603. The monoisotopic (exact) mass is 521 g/mol. The maximum atomic E-state index is 5.33. The number of hydrogen-bond acceptors (Lipinski definition) is 5. The first kappa shape index (κ1) is 23.8. The number of methoxy groups -OCH3 is 1. The van der Waals surface area contributed by atoms with Crippen molar-refractivity contribution < 1.29 is 4.74 Å². The van der Waals surface area contributed by atoms with Crippen LogP contribution in [0.5, 0.6) is 0 Å². The summed E-state index contributed by atoms with van der Waals surface area (Å²) in [6.45, 7) is 12.4. The highest BCUT2D eigenvalue weighted by molar-refractivity contribution is 14.0. The third-order valence-corrected chi connectivity index (χ3v) is 6.40. The van der Waals surface area contributed by atoms with Crippen molar-refractivity contribution in [2.24, 2.45) is 16.8 Å². The zero-order chi connectivity index (χ0) is 19.1. The van der Waals surface area contributed by atoms with Crippen LogP contribution >= 0.6 is 35.3 Å². The van der Waals surface area contributed by atoms with E-state index in [0.29, 0.717) is 11.8 Å². The molecule has 2 aliphatic heterocycles. The van der Waals surface area contributed by atoms with Gasteiger partial charge in [-0.2, -0.15) is 0 Å².